The third kappa shape index (κ3) is 3.22. The summed E-state index contributed by atoms with van der Waals surface area (Å²) in [5.74, 6) is -0.625. The van der Waals surface area contributed by atoms with Crippen LogP contribution in [0.5, 0.6) is 0 Å². The number of nitrogen functional groups attached to an aromatic ring is 2. The van der Waals surface area contributed by atoms with E-state index < -0.39 is 5.82 Å². The number of halogens is 2. The standard InChI is InChI=1S/C13H21ClFN3O/c1-3-8(4-2)18(5-6-19)13-10(17)7-9(16)11(14)12(13)15/h7-8,19H,3-6,16-17H2,1-2H3. The molecule has 0 aliphatic rings. The minimum Gasteiger partial charge on any atom is -0.397 e. The number of aliphatic hydroxyl groups excluding tert-OH is 1. The Bertz CT molecular complexity index is 438. The molecule has 0 aliphatic carbocycles. The van der Waals surface area contributed by atoms with Crippen molar-refractivity contribution >= 4 is 28.7 Å². The maximum atomic E-state index is 14.3. The van der Waals surface area contributed by atoms with E-state index in [0.717, 1.165) is 12.8 Å². The highest BCUT2D eigenvalue weighted by Crippen LogP contribution is 2.37. The topological polar surface area (TPSA) is 75.5 Å². The predicted octanol–water partition coefficient (Wildman–Crippen LogP) is 2.63. The molecule has 1 rings (SSSR count). The minimum absolute atomic E-state index is 0.0859. The number of aliphatic hydroxyl groups is 1. The molecule has 0 bridgehead atoms. The van der Waals surface area contributed by atoms with Gasteiger partial charge in [0.25, 0.3) is 0 Å². The molecule has 0 saturated carbocycles. The number of hydrogen-bond donors (Lipinski definition) is 3. The summed E-state index contributed by atoms with van der Waals surface area (Å²) in [6.07, 6.45) is 1.63. The zero-order chi connectivity index (χ0) is 14.6. The zero-order valence-corrected chi connectivity index (χ0v) is 12.0. The first-order chi connectivity index (χ1) is 8.97. The van der Waals surface area contributed by atoms with Crippen LogP contribution in [0.15, 0.2) is 6.07 Å². The molecule has 0 unspecified atom stereocenters. The van der Waals surface area contributed by atoms with E-state index in [2.05, 4.69) is 0 Å². The smallest absolute Gasteiger partial charge is 0.169 e. The van der Waals surface area contributed by atoms with Gasteiger partial charge in [-0.05, 0) is 18.9 Å². The molecule has 0 fully saturated rings. The van der Waals surface area contributed by atoms with Crippen LogP contribution in [0.2, 0.25) is 5.02 Å². The fourth-order valence-corrected chi connectivity index (χ4v) is 2.41. The molecule has 1 aromatic carbocycles. The lowest BCUT2D eigenvalue weighted by Gasteiger charge is -2.33. The summed E-state index contributed by atoms with van der Waals surface area (Å²) in [6, 6.07) is 1.54. The van der Waals surface area contributed by atoms with Crippen molar-refractivity contribution in [1.82, 2.24) is 0 Å². The first kappa shape index (κ1) is 15.9. The van der Waals surface area contributed by atoms with Crippen molar-refractivity contribution in [2.45, 2.75) is 32.7 Å². The second kappa shape index (κ2) is 6.82. The molecule has 4 nitrogen and oxygen atoms in total. The van der Waals surface area contributed by atoms with E-state index >= 15 is 0 Å². The van der Waals surface area contributed by atoms with Crippen LogP contribution in [0.1, 0.15) is 26.7 Å². The highest BCUT2D eigenvalue weighted by atomic mass is 35.5. The van der Waals surface area contributed by atoms with Gasteiger partial charge in [0.05, 0.1) is 23.7 Å². The summed E-state index contributed by atoms with van der Waals surface area (Å²) in [7, 11) is 0. The third-order valence-electron chi connectivity index (χ3n) is 3.25. The van der Waals surface area contributed by atoms with Crippen molar-refractivity contribution in [3.63, 3.8) is 0 Å². The van der Waals surface area contributed by atoms with Gasteiger partial charge < -0.3 is 21.5 Å². The highest BCUT2D eigenvalue weighted by molar-refractivity contribution is 6.33. The molecule has 19 heavy (non-hydrogen) atoms. The molecule has 1 aromatic rings. The molecule has 0 aliphatic heterocycles. The number of nitrogens with two attached hydrogens (primary N) is 2. The molecule has 108 valence electrons. The van der Waals surface area contributed by atoms with Gasteiger partial charge in [0, 0.05) is 12.6 Å². The Balaban J connectivity index is 3.33. The summed E-state index contributed by atoms with van der Waals surface area (Å²) in [5.41, 5.74) is 12.0. The van der Waals surface area contributed by atoms with Crippen LogP contribution < -0.4 is 16.4 Å². The van der Waals surface area contributed by atoms with E-state index in [1.807, 2.05) is 13.8 Å². The number of benzene rings is 1. The Labute approximate surface area is 118 Å². The van der Waals surface area contributed by atoms with Gasteiger partial charge >= 0.3 is 0 Å². The highest BCUT2D eigenvalue weighted by Gasteiger charge is 2.24. The fraction of sp³-hybridized carbons (Fsp3) is 0.538. The lowest BCUT2D eigenvalue weighted by molar-refractivity contribution is 0.295. The van der Waals surface area contributed by atoms with Crippen LogP contribution in [0.25, 0.3) is 0 Å². The van der Waals surface area contributed by atoms with Gasteiger partial charge in [0.2, 0.25) is 0 Å². The van der Waals surface area contributed by atoms with E-state index in [-0.39, 0.29) is 34.7 Å². The van der Waals surface area contributed by atoms with Crippen LogP contribution in [-0.4, -0.2) is 24.3 Å². The largest absolute Gasteiger partial charge is 0.397 e. The Kier molecular flexibility index (Phi) is 5.69. The molecule has 5 N–H and O–H groups in total. The monoisotopic (exact) mass is 289 g/mol. The van der Waals surface area contributed by atoms with Gasteiger partial charge in [-0.3, -0.25) is 0 Å². The molecule has 0 spiro atoms. The lowest BCUT2D eigenvalue weighted by Crippen LogP contribution is -2.38. The molecular formula is C13H21ClFN3O. The van der Waals surface area contributed by atoms with Gasteiger partial charge in [-0.2, -0.15) is 0 Å². The maximum absolute atomic E-state index is 14.3. The van der Waals surface area contributed by atoms with Gasteiger partial charge in [-0.25, -0.2) is 4.39 Å². The van der Waals surface area contributed by atoms with Crippen molar-refractivity contribution in [3.05, 3.63) is 16.9 Å². The van der Waals surface area contributed by atoms with Crippen molar-refractivity contribution in [2.75, 3.05) is 29.5 Å². The molecule has 0 radical (unpaired) electrons. The SMILES string of the molecule is CCC(CC)N(CCO)c1c(N)cc(N)c(Cl)c1F. The molecule has 0 aromatic heterocycles. The van der Waals surface area contributed by atoms with E-state index in [1.165, 1.54) is 6.07 Å². The maximum Gasteiger partial charge on any atom is 0.169 e. The average Bonchev–Trinajstić information content (AvgIpc) is 2.37. The normalized spacial score (nSPS) is 11.1. The van der Waals surface area contributed by atoms with Crippen molar-refractivity contribution < 1.29 is 9.50 Å². The third-order valence-corrected chi connectivity index (χ3v) is 3.63. The number of rotatable bonds is 6. The Morgan fingerprint density at radius 3 is 2.37 bits per heavy atom. The zero-order valence-electron chi connectivity index (χ0n) is 11.3. The van der Waals surface area contributed by atoms with Gasteiger partial charge in [0.1, 0.15) is 5.02 Å². The van der Waals surface area contributed by atoms with E-state index in [0.29, 0.717) is 6.54 Å². The van der Waals surface area contributed by atoms with Crippen molar-refractivity contribution in [1.29, 1.82) is 0 Å². The number of nitrogens with zero attached hydrogens (tertiary/aromatic N) is 1. The quantitative estimate of drug-likeness (QED) is 0.704. The number of hydrogen-bond acceptors (Lipinski definition) is 4. The Hall–Kier alpha value is -1.20. The van der Waals surface area contributed by atoms with Crippen LogP contribution in [0.4, 0.5) is 21.5 Å². The predicted molar refractivity (Wildman–Crippen MR) is 79.0 cm³/mol. The molecule has 0 heterocycles. The van der Waals surface area contributed by atoms with Crippen LogP contribution in [0.3, 0.4) is 0 Å². The van der Waals surface area contributed by atoms with Crippen LogP contribution >= 0.6 is 11.6 Å². The summed E-state index contributed by atoms with van der Waals surface area (Å²) < 4.78 is 14.3. The molecule has 0 atom stereocenters. The summed E-state index contributed by atoms with van der Waals surface area (Å²) in [4.78, 5) is 1.76. The first-order valence-corrected chi connectivity index (χ1v) is 6.76. The van der Waals surface area contributed by atoms with E-state index in [1.54, 1.807) is 4.90 Å². The van der Waals surface area contributed by atoms with E-state index in [4.69, 9.17) is 23.1 Å². The molecule has 6 heteroatoms. The Morgan fingerprint density at radius 1 is 1.32 bits per heavy atom. The lowest BCUT2D eigenvalue weighted by atomic mass is 10.1. The van der Waals surface area contributed by atoms with Gasteiger partial charge in [0.15, 0.2) is 5.82 Å². The molecular weight excluding hydrogens is 269 g/mol. The van der Waals surface area contributed by atoms with Crippen LogP contribution in [0, 0.1) is 5.82 Å². The average molecular weight is 290 g/mol. The van der Waals surface area contributed by atoms with Gasteiger partial charge in [-0.15, -0.1) is 0 Å². The fourth-order valence-electron chi connectivity index (χ4n) is 2.26. The summed E-state index contributed by atoms with van der Waals surface area (Å²) in [6.45, 7) is 4.22. The van der Waals surface area contributed by atoms with Crippen LogP contribution in [-0.2, 0) is 0 Å². The van der Waals surface area contributed by atoms with E-state index in [9.17, 15) is 9.50 Å². The Morgan fingerprint density at radius 2 is 1.89 bits per heavy atom. The minimum atomic E-state index is -0.625. The molecule has 0 saturated heterocycles. The van der Waals surface area contributed by atoms with Gasteiger partial charge in [-0.1, -0.05) is 25.4 Å². The number of anilines is 3. The van der Waals surface area contributed by atoms with Crippen molar-refractivity contribution in [2.24, 2.45) is 0 Å². The molecule has 0 amide bonds. The second-order valence-electron chi connectivity index (χ2n) is 4.42. The summed E-state index contributed by atoms with van der Waals surface area (Å²) in [5, 5.41) is 9.05. The second-order valence-corrected chi connectivity index (χ2v) is 4.80. The summed E-state index contributed by atoms with van der Waals surface area (Å²) >= 11 is 5.85. The van der Waals surface area contributed by atoms with Crippen molar-refractivity contribution in [3.8, 4) is 0 Å². The first-order valence-electron chi connectivity index (χ1n) is 6.38.